The monoisotopic (exact) mass is 410 g/mol. The van der Waals surface area contributed by atoms with Crippen molar-refractivity contribution in [2.75, 3.05) is 4.72 Å². The van der Waals surface area contributed by atoms with Crippen molar-refractivity contribution < 1.29 is 13.5 Å². The zero-order valence-corrected chi connectivity index (χ0v) is 17.7. The van der Waals surface area contributed by atoms with E-state index in [1.165, 1.54) is 30.6 Å². The highest BCUT2D eigenvalue weighted by molar-refractivity contribution is 7.94. The molecule has 7 heteroatoms. The zero-order valence-electron chi connectivity index (χ0n) is 16.0. The second-order valence-electron chi connectivity index (χ2n) is 7.02. The molecule has 27 heavy (non-hydrogen) atoms. The summed E-state index contributed by atoms with van der Waals surface area (Å²) in [7, 11) is -3.49. The number of aliphatic hydroxyl groups is 1. The van der Waals surface area contributed by atoms with Crippen LogP contribution >= 0.6 is 11.3 Å². The van der Waals surface area contributed by atoms with Gasteiger partial charge in [-0.15, -0.1) is 11.3 Å². The Kier molecular flexibility index (Phi) is 8.76. The number of thiophene rings is 1. The Hall–Kier alpha value is -1.41. The fourth-order valence-electron chi connectivity index (χ4n) is 2.78. The maximum absolute atomic E-state index is 12.2. The van der Waals surface area contributed by atoms with E-state index in [1.807, 2.05) is 18.2 Å². The van der Waals surface area contributed by atoms with E-state index in [0.717, 1.165) is 18.4 Å². The van der Waals surface area contributed by atoms with Crippen LogP contribution in [0.4, 0.5) is 5.69 Å². The van der Waals surface area contributed by atoms with Gasteiger partial charge in [-0.1, -0.05) is 57.4 Å². The molecule has 0 spiro atoms. The molecule has 1 aromatic heterocycles. The lowest BCUT2D eigenvalue weighted by Crippen LogP contribution is -2.23. The average molecular weight is 411 g/mol. The summed E-state index contributed by atoms with van der Waals surface area (Å²) in [6.07, 6.45) is 5.92. The molecule has 0 atom stereocenters. The van der Waals surface area contributed by atoms with Crippen LogP contribution in [0.25, 0.3) is 0 Å². The Bertz CT molecular complexity index is 768. The lowest BCUT2D eigenvalue weighted by Gasteiger charge is -2.14. The van der Waals surface area contributed by atoms with Gasteiger partial charge in [0.2, 0.25) is 0 Å². The van der Waals surface area contributed by atoms with Gasteiger partial charge in [0.05, 0.1) is 11.8 Å². The molecule has 3 rings (SSSR count). The van der Waals surface area contributed by atoms with Gasteiger partial charge in [0.15, 0.2) is 0 Å². The molecule has 0 radical (unpaired) electrons. The van der Waals surface area contributed by atoms with Crippen LogP contribution < -0.4 is 10.0 Å². The van der Waals surface area contributed by atoms with Crippen molar-refractivity contribution in [3.05, 3.63) is 47.3 Å². The minimum Gasteiger partial charge on any atom is -0.393 e. The number of rotatable bonds is 6. The number of nitrogens with one attached hydrogen (secondary N) is 2. The lowest BCUT2D eigenvalue weighted by molar-refractivity contribution is 0.130. The number of anilines is 1. The second kappa shape index (κ2) is 10.8. The molecule has 1 aliphatic rings. The number of benzene rings is 1. The molecular formula is C20H30N2O3S2. The third-order valence-electron chi connectivity index (χ3n) is 4.30. The first-order valence-electron chi connectivity index (χ1n) is 9.44. The SMILES string of the molecule is CC(C)NCc1ccccc1NS(=O)(=O)c1cccs1.OC1CCCCC1. The first-order valence-corrected chi connectivity index (χ1v) is 11.8. The second-order valence-corrected chi connectivity index (χ2v) is 9.88. The normalized spacial score (nSPS) is 15.3. The maximum atomic E-state index is 12.2. The van der Waals surface area contributed by atoms with Crippen molar-refractivity contribution >= 4 is 27.0 Å². The quantitative estimate of drug-likeness (QED) is 0.661. The van der Waals surface area contributed by atoms with Gasteiger partial charge in [-0.3, -0.25) is 4.72 Å². The standard InChI is InChI=1S/C14H18N2O2S2.C6H12O/c1-11(2)15-10-12-6-3-4-7-13(12)16-20(17,18)14-8-5-9-19-14;7-6-4-2-1-3-5-6/h3-9,11,15-16H,10H2,1-2H3;6-7H,1-5H2. The van der Waals surface area contributed by atoms with Gasteiger partial charge in [0.1, 0.15) is 4.21 Å². The van der Waals surface area contributed by atoms with Crippen molar-refractivity contribution in [3.8, 4) is 0 Å². The molecule has 0 unspecified atom stereocenters. The topological polar surface area (TPSA) is 78.4 Å². The first-order chi connectivity index (χ1) is 12.9. The smallest absolute Gasteiger partial charge is 0.271 e. The third kappa shape index (κ3) is 7.62. The Labute approximate surface area is 166 Å². The molecule has 3 N–H and O–H groups in total. The largest absolute Gasteiger partial charge is 0.393 e. The molecule has 0 aliphatic heterocycles. The van der Waals surface area contributed by atoms with Crippen molar-refractivity contribution in [1.82, 2.24) is 5.32 Å². The summed E-state index contributed by atoms with van der Waals surface area (Å²) in [4.78, 5) is 0. The Morgan fingerprint density at radius 2 is 1.81 bits per heavy atom. The van der Waals surface area contributed by atoms with Crippen molar-refractivity contribution in [2.45, 2.75) is 68.9 Å². The minimum atomic E-state index is -3.49. The predicted molar refractivity (Wildman–Crippen MR) is 113 cm³/mol. The summed E-state index contributed by atoms with van der Waals surface area (Å²) in [5.74, 6) is 0. The van der Waals surface area contributed by atoms with Crippen LogP contribution in [0, 0.1) is 0 Å². The van der Waals surface area contributed by atoms with Gasteiger partial charge < -0.3 is 10.4 Å². The molecule has 1 heterocycles. The fourth-order valence-corrected chi connectivity index (χ4v) is 4.87. The van der Waals surface area contributed by atoms with Crippen molar-refractivity contribution in [3.63, 3.8) is 0 Å². The summed E-state index contributed by atoms with van der Waals surface area (Å²) in [6.45, 7) is 4.73. The Morgan fingerprint density at radius 1 is 1.11 bits per heavy atom. The van der Waals surface area contributed by atoms with Crippen LogP contribution in [0.3, 0.4) is 0 Å². The van der Waals surface area contributed by atoms with E-state index < -0.39 is 10.0 Å². The fraction of sp³-hybridized carbons (Fsp3) is 0.500. The van der Waals surface area contributed by atoms with Gasteiger partial charge in [-0.25, -0.2) is 8.42 Å². The number of para-hydroxylation sites is 1. The molecular weight excluding hydrogens is 380 g/mol. The van der Waals surface area contributed by atoms with E-state index in [-0.39, 0.29) is 6.10 Å². The van der Waals surface area contributed by atoms with Crippen LogP contribution in [-0.4, -0.2) is 25.7 Å². The molecule has 5 nitrogen and oxygen atoms in total. The van der Waals surface area contributed by atoms with Crippen molar-refractivity contribution in [2.24, 2.45) is 0 Å². The number of sulfonamides is 1. The molecule has 150 valence electrons. The molecule has 0 saturated heterocycles. The summed E-state index contributed by atoms with van der Waals surface area (Å²) in [6, 6.07) is 11.1. The predicted octanol–water partition coefficient (Wildman–Crippen LogP) is 4.36. The van der Waals surface area contributed by atoms with E-state index in [4.69, 9.17) is 5.11 Å². The van der Waals surface area contributed by atoms with Crippen LogP contribution in [0.15, 0.2) is 46.0 Å². The molecule has 1 aromatic carbocycles. The van der Waals surface area contributed by atoms with Gasteiger partial charge in [-0.2, -0.15) is 0 Å². The Balaban J connectivity index is 0.000000313. The highest BCUT2D eigenvalue weighted by Crippen LogP contribution is 2.22. The summed E-state index contributed by atoms with van der Waals surface area (Å²) in [5.41, 5.74) is 1.55. The molecule has 1 saturated carbocycles. The maximum Gasteiger partial charge on any atom is 0.271 e. The highest BCUT2D eigenvalue weighted by Gasteiger charge is 2.16. The van der Waals surface area contributed by atoms with Crippen molar-refractivity contribution in [1.29, 1.82) is 0 Å². The van der Waals surface area contributed by atoms with Crippen LogP contribution in [0.1, 0.15) is 51.5 Å². The zero-order chi connectivity index (χ0) is 19.7. The summed E-state index contributed by atoms with van der Waals surface area (Å²) in [5, 5.41) is 14.0. The molecule has 2 aromatic rings. The molecule has 0 bridgehead atoms. The molecule has 1 fully saturated rings. The highest BCUT2D eigenvalue weighted by atomic mass is 32.2. The number of hydrogen-bond donors (Lipinski definition) is 3. The average Bonchev–Trinajstić information content (AvgIpc) is 3.18. The third-order valence-corrected chi connectivity index (χ3v) is 7.06. The van der Waals surface area contributed by atoms with E-state index in [0.29, 0.717) is 22.5 Å². The molecule has 0 amide bonds. The summed E-state index contributed by atoms with van der Waals surface area (Å²) >= 11 is 1.21. The Morgan fingerprint density at radius 3 is 2.37 bits per heavy atom. The van der Waals surface area contributed by atoms with Crippen LogP contribution in [-0.2, 0) is 16.6 Å². The summed E-state index contributed by atoms with van der Waals surface area (Å²) < 4.78 is 27.4. The van der Waals surface area contributed by atoms with Crippen LogP contribution in [0.2, 0.25) is 0 Å². The first kappa shape index (κ1) is 21.9. The van der Waals surface area contributed by atoms with Gasteiger partial charge in [-0.05, 0) is 35.9 Å². The van der Waals surface area contributed by atoms with E-state index in [9.17, 15) is 8.42 Å². The minimum absolute atomic E-state index is 0.0359. The van der Waals surface area contributed by atoms with Gasteiger partial charge in [0, 0.05) is 12.6 Å². The van der Waals surface area contributed by atoms with Gasteiger partial charge >= 0.3 is 0 Å². The number of aliphatic hydroxyl groups excluding tert-OH is 1. The molecule has 1 aliphatic carbocycles. The van der Waals surface area contributed by atoms with E-state index in [2.05, 4.69) is 23.9 Å². The van der Waals surface area contributed by atoms with E-state index >= 15 is 0 Å². The van der Waals surface area contributed by atoms with Gasteiger partial charge in [0.25, 0.3) is 10.0 Å². The number of hydrogen-bond acceptors (Lipinski definition) is 5. The van der Waals surface area contributed by atoms with Crippen LogP contribution in [0.5, 0.6) is 0 Å². The van der Waals surface area contributed by atoms with E-state index in [1.54, 1.807) is 23.6 Å². The lowest BCUT2D eigenvalue weighted by atomic mass is 9.98.